The fraction of sp³-hybridized carbons (Fsp3) is 0.375. The smallest absolute Gasteiger partial charge is 0.138 e. The van der Waals surface area contributed by atoms with Gasteiger partial charge in [0, 0.05) is 24.1 Å². The molecule has 0 bridgehead atoms. The average Bonchev–Trinajstić information content (AvgIpc) is 3.24. The molecule has 0 saturated heterocycles. The van der Waals surface area contributed by atoms with Crippen LogP contribution in [0.25, 0.3) is 10.8 Å². The van der Waals surface area contributed by atoms with E-state index >= 15 is 0 Å². The van der Waals surface area contributed by atoms with E-state index in [2.05, 4.69) is 51.6 Å². The van der Waals surface area contributed by atoms with E-state index in [9.17, 15) is 0 Å². The summed E-state index contributed by atoms with van der Waals surface area (Å²) in [5.41, 5.74) is 1.31. The molecule has 2 aromatic rings. The van der Waals surface area contributed by atoms with Crippen LogP contribution in [-0.2, 0) is 0 Å². The molecule has 2 aromatic carbocycles. The van der Waals surface area contributed by atoms with Crippen molar-refractivity contribution >= 4 is 26.7 Å². The van der Waals surface area contributed by atoms with Crippen molar-refractivity contribution in [2.24, 2.45) is 0 Å². The lowest BCUT2D eigenvalue weighted by Gasteiger charge is -2.28. The number of hydrogen-bond donors (Lipinski definition) is 1. The Bertz CT molecular complexity index is 636. The van der Waals surface area contributed by atoms with Crippen LogP contribution in [0.4, 0.5) is 0 Å². The van der Waals surface area contributed by atoms with Crippen molar-refractivity contribution in [2.45, 2.75) is 31.3 Å². The van der Waals surface area contributed by atoms with Gasteiger partial charge in [-0.25, -0.2) is 0 Å². The second-order valence-electron chi connectivity index (χ2n) is 5.46. The number of fused-ring (bicyclic) bond motifs is 2. The highest BCUT2D eigenvalue weighted by atomic mass is 79.9. The number of ether oxygens (including phenoxy) is 1. The molecule has 4 rings (SSSR count). The minimum atomic E-state index is 0.442. The Morgan fingerprint density at radius 3 is 2.84 bits per heavy atom. The summed E-state index contributed by atoms with van der Waals surface area (Å²) in [6.45, 7) is 0.800. The highest BCUT2D eigenvalue weighted by molar-refractivity contribution is 9.10. The average molecular weight is 318 g/mol. The highest BCUT2D eigenvalue weighted by Gasteiger charge is 2.30. The zero-order chi connectivity index (χ0) is 12.8. The molecule has 0 spiro atoms. The van der Waals surface area contributed by atoms with E-state index in [1.807, 2.05) is 0 Å². The number of rotatable bonds is 2. The Morgan fingerprint density at radius 2 is 2.00 bits per heavy atom. The molecule has 2 aliphatic rings. The number of nitrogens with one attached hydrogen (secondary N) is 1. The Hall–Kier alpha value is -1.06. The first kappa shape index (κ1) is 11.7. The van der Waals surface area contributed by atoms with Gasteiger partial charge in [0.15, 0.2) is 0 Å². The van der Waals surface area contributed by atoms with Crippen LogP contribution in [-0.4, -0.2) is 12.6 Å². The van der Waals surface area contributed by atoms with Crippen molar-refractivity contribution in [1.29, 1.82) is 0 Å². The topological polar surface area (TPSA) is 21.3 Å². The Balaban J connectivity index is 1.86. The maximum absolute atomic E-state index is 5.91. The largest absolute Gasteiger partial charge is 0.492 e. The molecule has 1 aliphatic carbocycles. The normalized spacial score (nSPS) is 22.1. The van der Waals surface area contributed by atoms with Crippen molar-refractivity contribution in [3.63, 3.8) is 0 Å². The molecule has 0 aromatic heterocycles. The third-order valence-corrected chi connectivity index (χ3v) is 4.80. The third kappa shape index (κ3) is 2.05. The lowest BCUT2D eigenvalue weighted by atomic mass is 9.96. The highest BCUT2D eigenvalue weighted by Crippen LogP contribution is 2.43. The van der Waals surface area contributed by atoms with Crippen LogP contribution in [0.5, 0.6) is 5.75 Å². The molecule has 1 saturated carbocycles. The molecule has 0 radical (unpaired) electrons. The molecule has 1 N–H and O–H groups in total. The van der Waals surface area contributed by atoms with Gasteiger partial charge in [-0.15, -0.1) is 0 Å². The van der Waals surface area contributed by atoms with Crippen LogP contribution in [0.2, 0.25) is 0 Å². The summed E-state index contributed by atoms with van der Waals surface area (Å²) in [6.07, 6.45) is 3.71. The predicted molar refractivity (Wildman–Crippen MR) is 80.7 cm³/mol. The maximum atomic E-state index is 5.91. The summed E-state index contributed by atoms with van der Waals surface area (Å²) < 4.78 is 7.01. The molecule has 1 heterocycles. The van der Waals surface area contributed by atoms with E-state index in [0.29, 0.717) is 6.04 Å². The third-order valence-electron chi connectivity index (χ3n) is 4.01. The molecule has 98 valence electrons. The Labute approximate surface area is 121 Å². The first-order chi connectivity index (χ1) is 9.33. The molecule has 0 amide bonds. The predicted octanol–water partition coefficient (Wildman–Crippen LogP) is 4.18. The van der Waals surface area contributed by atoms with Gasteiger partial charge in [-0.3, -0.25) is 0 Å². The van der Waals surface area contributed by atoms with E-state index in [1.165, 1.54) is 29.2 Å². The van der Waals surface area contributed by atoms with Gasteiger partial charge >= 0.3 is 0 Å². The van der Waals surface area contributed by atoms with Gasteiger partial charge in [-0.1, -0.05) is 24.3 Å². The zero-order valence-corrected chi connectivity index (χ0v) is 12.2. The fourth-order valence-electron chi connectivity index (χ4n) is 2.85. The second-order valence-corrected chi connectivity index (χ2v) is 6.25. The van der Waals surface area contributed by atoms with E-state index in [0.717, 1.165) is 29.3 Å². The van der Waals surface area contributed by atoms with Crippen molar-refractivity contribution in [1.82, 2.24) is 5.32 Å². The number of hydrogen-bond acceptors (Lipinski definition) is 2. The lowest BCUT2D eigenvalue weighted by molar-refractivity contribution is 0.251. The van der Waals surface area contributed by atoms with Gasteiger partial charge in [-0.05, 0) is 45.6 Å². The van der Waals surface area contributed by atoms with Gasteiger partial charge < -0.3 is 10.1 Å². The van der Waals surface area contributed by atoms with Crippen LogP contribution in [0.15, 0.2) is 34.8 Å². The van der Waals surface area contributed by atoms with Crippen molar-refractivity contribution in [2.75, 3.05) is 6.61 Å². The molecule has 3 heteroatoms. The van der Waals surface area contributed by atoms with Crippen LogP contribution in [0, 0.1) is 0 Å². The Kier molecular flexibility index (Phi) is 2.78. The summed E-state index contributed by atoms with van der Waals surface area (Å²) in [4.78, 5) is 0. The van der Waals surface area contributed by atoms with Gasteiger partial charge in [0.25, 0.3) is 0 Å². The van der Waals surface area contributed by atoms with Gasteiger partial charge in [0.2, 0.25) is 0 Å². The lowest BCUT2D eigenvalue weighted by Crippen LogP contribution is -2.28. The molecule has 19 heavy (non-hydrogen) atoms. The van der Waals surface area contributed by atoms with Gasteiger partial charge in [0.1, 0.15) is 5.75 Å². The molecule has 1 fully saturated rings. The summed E-state index contributed by atoms with van der Waals surface area (Å²) in [5.74, 6) is 1.03. The van der Waals surface area contributed by atoms with Crippen LogP contribution < -0.4 is 10.1 Å². The van der Waals surface area contributed by atoms with E-state index in [4.69, 9.17) is 4.74 Å². The first-order valence-corrected chi connectivity index (χ1v) is 7.72. The number of halogens is 1. The maximum Gasteiger partial charge on any atom is 0.138 e. The Morgan fingerprint density at radius 1 is 1.16 bits per heavy atom. The van der Waals surface area contributed by atoms with Crippen molar-refractivity contribution < 1.29 is 4.74 Å². The van der Waals surface area contributed by atoms with Crippen molar-refractivity contribution in [3.05, 3.63) is 40.4 Å². The van der Waals surface area contributed by atoms with E-state index in [-0.39, 0.29) is 0 Å². The zero-order valence-electron chi connectivity index (χ0n) is 10.7. The molecule has 1 aliphatic heterocycles. The van der Waals surface area contributed by atoms with Crippen LogP contribution >= 0.6 is 15.9 Å². The number of benzene rings is 2. The molecular formula is C16H16BrNO. The second kappa shape index (κ2) is 4.50. The molecule has 1 atom stereocenters. The first-order valence-electron chi connectivity index (χ1n) is 6.93. The molecular weight excluding hydrogens is 302 g/mol. The summed E-state index contributed by atoms with van der Waals surface area (Å²) in [7, 11) is 0. The standard InChI is InChI=1S/C16H16BrNO/c17-15-12-4-2-1-3-10(12)9-13-14(18-11-5-6-11)7-8-19-16(13)15/h1-4,9,11,14,18H,5-8H2. The SMILES string of the molecule is Brc1c2c(cc3ccccc13)C(NC1CC1)CCO2. The summed E-state index contributed by atoms with van der Waals surface area (Å²) in [5, 5.41) is 6.25. The quantitative estimate of drug-likeness (QED) is 0.897. The summed E-state index contributed by atoms with van der Waals surface area (Å²) in [6, 6.07) is 11.9. The summed E-state index contributed by atoms with van der Waals surface area (Å²) >= 11 is 3.72. The molecule has 1 unspecified atom stereocenters. The van der Waals surface area contributed by atoms with Crippen molar-refractivity contribution in [3.8, 4) is 5.75 Å². The van der Waals surface area contributed by atoms with Crippen LogP contribution in [0.3, 0.4) is 0 Å². The van der Waals surface area contributed by atoms with Gasteiger partial charge in [0.05, 0.1) is 11.1 Å². The fourth-order valence-corrected chi connectivity index (χ4v) is 3.56. The molecule has 2 nitrogen and oxygen atoms in total. The monoisotopic (exact) mass is 317 g/mol. The van der Waals surface area contributed by atoms with E-state index in [1.54, 1.807) is 0 Å². The minimum Gasteiger partial charge on any atom is -0.492 e. The minimum absolute atomic E-state index is 0.442. The van der Waals surface area contributed by atoms with Crippen LogP contribution in [0.1, 0.15) is 30.9 Å². The van der Waals surface area contributed by atoms with E-state index < -0.39 is 0 Å². The van der Waals surface area contributed by atoms with Gasteiger partial charge in [-0.2, -0.15) is 0 Å².